The van der Waals surface area contributed by atoms with Gasteiger partial charge in [0, 0.05) is 6.04 Å². The van der Waals surface area contributed by atoms with Crippen molar-refractivity contribution in [2.45, 2.75) is 38.1 Å². The molecule has 1 fully saturated rings. The topological polar surface area (TPSA) is 96.7 Å². The number of aromatic amines is 1. The molecule has 0 spiro atoms. The van der Waals surface area contributed by atoms with E-state index in [1.807, 2.05) is 0 Å². The molecule has 2 rings (SSSR count). The molecule has 0 aromatic carbocycles. The van der Waals surface area contributed by atoms with Gasteiger partial charge in [-0.15, -0.1) is 10.2 Å². The molecular weight excluding hydrogens is 194 g/mol. The third kappa shape index (κ3) is 2.26. The van der Waals surface area contributed by atoms with E-state index in [9.17, 15) is 4.79 Å². The van der Waals surface area contributed by atoms with E-state index in [0.29, 0.717) is 0 Å². The second kappa shape index (κ2) is 4.29. The number of amides is 1. The van der Waals surface area contributed by atoms with Crippen molar-refractivity contribution in [2.75, 3.05) is 5.73 Å². The molecule has 0 radical (unpaired) electrons. The number of hydrogen-bond donors (Lipinski definition) is 3. The Kier molecular flexibility index (Phi) is 2.84. The zero-order valence-electron chi connectivity index (χ0n) is 8.49. The highest BCUT2D eigenvalue weighted by Gasteiger charge is 2.19. The normalized spacial score (nSPS) is 17.6. The van der Waals surface area contributed by atoms with Gasteiger partial charge in [-0.25, -0.2) is 0 Å². The summed E-state index contributed by atoms with van der Waals surface area (Å²) in [6.07, 6.45) is 5.71. The van der Waals surface area contributed by atoms with E-state index >= 15 is 0 Å². The molecule has 1 aliphatic carbocycles. The van der Waals surface area contributed by atoms with Gasteiger partial charge in [0.1, 0.15) is 0 Å². The van der Waals surface area contributed by atoms with Gasteiger partial charge in [-0.3, -0.25) is 4.79 Å². The van der Waals surface area contributed by atoms with Crippen LogP contribution < -0.4 is 11.1 Å². The summed E-state index contributed by atoms with van der Waals surface area (Å²) < 4.78 is 0. The van der Waals surface area contributed by atoms with Gasteiger partial charge in [0.15, 0.2) is 11.5 Å². The van der Waals surface area contributed by atoms with E-state index in [4.69, 9.17) is 5.73 Å². The Morgan fingerprint density at radius 1 is 1.33 bits per heavy atom. The maximum atomic E-state index is 11.7. The van der Waals surface area contributed by atoms with E-state index in [1.54, 1.807) is 0 Å². The zero-order valence-corrected chi connectivity index (χ0v) is 8.49. The monoisotopic (exact) mass is 209 g/mol. The maximum Gasteiger partial charge on any atom is 0.275 e. The molecule has 0 unspecified atom stereocenters. The Balaban J connectivity index is 1.94. The summed E-state index contributed by atoms with van der Waals surface area (Å²) in [6.45, 7) is 0. The van der Waals surface area contributed by atoms with Crippen LogP contribution in [-0.2, 0) is 0 Å². The van der Waals surface area contributed by atoms with Gasteiger partial charge in [-0.1, -0.05) is 19.3 Å². The third-order valence-electron chi connectivity index (χ3n) is 2.73. The summed E-state index contributed by atoms with van der Waals surface area (Å²) in [5, 5.41) is 12.6. The third-order valence-corrected chi connectivity index (χ3v) is 2.73. The number of carbonyl (C=O) groups excluding carboxylic acids is 1. The lowest BCUT2D eigenvalue weighted by molar-refractivity contribution is 0.0923. The van der Waals surface area contributed by atoms with Gasteiger partial charge < -0.3 is 11.1 Å². The largest absolute Gasteiger partial charge is 0.380 e. The van der Waals surface area contributed by atoms with E-state index in [1.165, 1.54) is 19.3 Å². The number of H-pyrrole nitrogens is 1. The van der Waals surface area contributed by atoms with Crippen molar-refractivity contribution in [1.82, 2.24) is 20.7 Å². The predicted octanol–water partition coefficient (Wildman–Crippen LogP) is 0.449. The molecule has 15 heavy (non-hydrogen) atoms. The van der Waals surface area contributed by atoms with Crippen LogP contribution in [0.15, 0.2) is 0 Å². The summed E-state index contributed by atoms with van der Waals surface area (Å²) in [4.78, 5) is 11.7. The van der Waals surface area contributed by atoms with Gasteiger partial charge >= 0.3 is 0 Å². The van der Waals surface area contributed by atoms with E-state index in [2.05, 4.69) is 20.7 Å². The summed E-state index contributed by atoms with van der Waals surface area (Å²) in [6, 6.07) is 0.266. The highest BCUT2D eigenvalue weighted by Crippen LogP contribution is 2.17. The van der Waals surface area contributed by atoms with E-state index in [-0.39, 0.29) is 23.5 Å². The van der Waals surface area contributed by atoms with Crippen molar-refractivity contribution < 1.29 is 4.79 Å². The first-order chi connectivity index (χ1) is 7.27. The predicted molar refractivity (Wildman–Crippen MR) is 55.1 cm³/mol. The smallest absolute Gasteiger partial charge is 0.275 e. The number of nitrogen functional groups attached to an aromatic ring is 1. The fraction of sp³-hybridized carbons (Fsp3) is 0.667. The second-order valence-corrected chi connectivity index (χ2v) is 3.87. The SMILES string of the molecule is Nc1n[nH]nc1C(=O)NC1CCCCC1. The molecule has 82 valence electrons. The Morgan fingerprint density at radius 2 is 2.07 bits per heavy atom. The van der Waals surface area contributed by atoms with E-state index in [0.717, 1.165) is 12.8 Å². The van der Waals surface area contributed by atoms with Gasteiger partial charge in [0.05, 0.1) is 0 Å². The highest BCUT2D eigenvalue weighted by atomic mass is 16.2. The van der Waals surface area contributed by atoms with Gasteiger partial charge in [0.25, 0.3) is 5.91 Å². The fourth-order valence-corrected chi connectivity index (χ4v) is 1.91. The average Bonchev–Trinajstić information content (AvgIpc) is 2.66. The van der Waals surface area contributed by atoms with Crippen molar-refractivity contribution in [3.8, 4) is 0 Å². The standard InChI is InChI=1S/C9H15N5O/c10-8-7(12-14-13-8)9(15)11-6-4-2-1-3-5-6/h6H,1-5H2,(H,11,15)(H3,10,12,13,14). The summed E-state index contributed by atoms with van der Waals surface area (Å²) in [5.41, 5.74) is 5.68. The number of rotatable bonds is 2. The number of nitrogens with one attached hydrogen (secondary N) is 2. The van der Waals surface area contributed by atoms with Crippen molar-refractivity contribution in [3.05, 3.63) is 5.69 Å². The maximum absolute atomic E-state index is 11.7. The molecule has 0 aliphatic heterocycles. The Morgan fingerprint density at radius 3 is 2.67 bits per heavy atom. The van der Waals surface area contributed by atoms with Crippen LogP contribution in [0.4, 0.5) is 5.82 Å². The molecule has 1 aromatic heterocycles. The molecule has 1 aromatic rings. The van der Waals surface area contributed by atoms with Crippen LogP contribution in [0.3, 0.4) is 0 Å². The van der Waals surface area contributed by atoms with Crippen LogP contribution in [0.1, 0.15) is 42.6 Å². The van der Waals surface area contributed by atoms with Crippen molar-refractivity contribution >= 4 is 11.7 Å². The first-order valence-electron chi connectivity index (χ1n) is 5.24. The molecule has 1 saturated carbocycles. The lowest BCUT2D eigenvalue weighted by atomic mass is 9.95. The number of hydrogen-bond acceptors (Lipinski definition) is 4. The van der Waals surface area contributed by atoms with Crippen molar-refractivity contribution in [3.63, 3.8) is 0 Å². The minimum Gasteiger partial charge on any atom is -0.380 e. The molecular formula is C9H15N5O. The highest BCUT2D eigenvalue weighted by molar-refractivity contribution is 5.96. The Bertz CT molecular complexity index is 342. The van der Waals surface area contributed by atoms with Crippen LogP contribution in [0.25, 0.3) is 0 Å². The first kappa shape index (κ1) is 9.95. The summed E-state index contributed by atoms with van der Waals surface area (Å²) >= 11 is 0. The molecule has 6 heteroatoms. The molecule has 0 saturated heterocycles. The molecule has 4 N–H and O–H groups in total. The van der Waals surface area contributed by atoms with Crippen LogP contribution in [-0.4, -0.2) is 27.4 Å². The molecule has 1 aliphatic rings. The van der Waals surface area contributed by atoms with Crippen molar-refractivity contribution in [2.24, 2.45) is 0 Å². The van der Waals surface area contributed by atoms with E-state index < -0.39 is 0 Å². The van der Waals surface area contributed by atoms with Crippen molar-refractivity contribution in [1.29, 1.82) is 0 Å². The van der Waals surface area contributed by atoms with Crippen LogP contribution >= 0.6 is 0 Å². The molecule has 1 amide bonds. The average molecular weight is 209 g/mol. The van der Waals surface area contributed by atoms with Gasteiger partial charge in [0.2, 0.25) is 0 Å². The lowest BCUT2D eigenvalue weighted by Gasteiger charge is -2.22. The number of nitrogens with zero attached hydrogens (tertiary/aromatic N) is 2. The molecule has 1 heterocycles. The quantitative estimate of drug-likeness (QED) is 0.658. The Hall–Kier alpha value is -1.59. The molecule has 6 nitrogen and oxygen atoms in total. The number of aromatic nitrogens is 3. The van der Waals surface area contributed by atoms with Crippen LogP contribution in [0.2, 0.25) is 0 Å². The zero-order chi connectivity index (χ0) is 10.7. The van der Waals surface area contributed by atoms with Crippen LogP contribution in [0.5, 0.6) is 0 Å². The minimum atomic E-state index is -0.229. The number of anilines is 1. The van der Waals surface area contributed by atoms with Crippen LogP contribution in [0, 0.1) is 0 Å². The number of nitrogens with two attached hydrogens (primary N) is 1. The number of carbonyl (C=O) groups is 1. The first-order valence-corrected chi connectivity index (χ1v) is 5.24. The summed E-state index contributed by atoms with van der Waals surface area (Å²) in [7, 11) is 0. The summed E-state index contributed by atoms with van der Waals surface area (Å²) in [5.74, 6) is -0.0727. The second-order valence-electron chi connectivity index (χ2n) is 3.87. The van der Waals surface area contributed by atoms with Gasteiger partial charge in [-0.2, -0.15) is 5.21 Å². The lowest BCUT2D eigenvalue weighted by Crippen LogP contribution is -2.36. The Labute approximate surface area is 87.6 Å². The molecule has 0 atom stereocenters. The minimum absolute atomic E-state index is 0.156. The molecule has 0 bridgehead atoms. The fourth-order valence-electron chi connectivity index (χ4n) is 1.91. The van der Waals surface area contributed by atoms with Gasteiger partial charge in [-0.05, 0) is 12.8 Å².